The molecule has 78 valence electrons. The van der Waals surface area contributed by atoms with E-state index in [0.717, 1.165) is 32.1 Å². The lowest BCUT2D eigenvalue weighted by molar-refractivity contribution is 0.965. The Hall–Kier alpha value is -0.680. The topological polar surface area (TPSA) is 51.8 Å². The monoisotopic (exact) mass is 329 g/mol. The Labute approximate surface area is 104 Å². The molecule has 0 spiro atoms. The van der Waals surface area contributed by atoms with Gasteiger partial charge in [0.1, 0.15) is 11.6 Å². The number of rotatable bonds is 1. The number of aryl methyl sites for hydroxylation is 1. The molecule has 15 heavy (non-hydrogen) atoms. The third-order valence-electron chi connectivity index (χ3n) is 2.11. The molecule has 2 rings (SSSR count). The number of nitrogens with zero attached hydrogens (tertiary/aromatic N) is 2. The van der Waals surface area contributed by atoms with Gasteiger partial charge in [0, 0.05) is 20.8 Å². The number of fused-ring (bicyclic) bond motifs is 1. The van der Waals surface area contributed by atoms with Gasteiger partial charge < -0.3 is 5.73 Å². The summed E-state index contributed by atoms with van der Waals surface area (Å²) in [6, 6.07) is 3.88. The zero-order valence-corrected chi connectivity index (χ0v) is 11.3. The van der Waals surface area contributed by atoms with Gasteiger partial charge in [-0.15, -0.1) is 0 Å². The van der Waals surface area contributed by atoms with Crippen molar-refractivity contribution in [3.63, 3.8) is 0 Å². The van der Waals surface area contributed by atoms with Gasteiger partial charge in [-0.2, -0.15) is 0 Å². The van der Waals surface area contributed by atoms with Crippen LogP contribution in [0.4, 0.5) is 5.82 Å². The number of nitrogen functional groups attached to an aromatic ring is 1. The number of anilines is 1. The molecule has 0 radical (unpaired) electrons. The van der Waals surface area contributed by atoms with Crippen molar-refractivity contribution in [2.45, 2.75) is 13.3 Å². The van der Waals surface area contributed by atoms with Crippen molar-refractivity contribution in [3.8, 4) is 0 Å². The molecule has 0 amide bonds. The summed E-state index contributed by atoms with van der Waals surface area (Å²) in [4.78, 5) is 8.66. The summed E-state index contributed by atoms with van der Waals surface area (Å²) in [5.74, 6) is 1.29. The van der Waals surface area contributed by atoms with Gasteiger partial charge in [0.25, 0.3) is 0 Å². The van der Waals surface area contributed by atoms with Crippen molar-refractivity contribution < 1.29 is 0 Å². The highest BCUT2D eigenvalue weighted by Gasteiger charge is 2.08. The summed E-state index contributed by atoms with van der Waals surface area (Å²) in [5, 5.41) is 0.869. The Bertz CT molecular complexity index is 526. The molecule has 0 saturated carbocycles. The lowest BCUT2D eigenvalue weighted by atomic mass is 10.2. The van der Waals surface area contributed by atoms with E-state index in [1.54, 1.807) is 0 Å². The smallest absolute Gasteiger partial charge is 0.135 e. The van der Waals surface area contributed by atoms with Gasteiger partial charge in [0.15, 0.2) is 0 Å². The number of hydrogen-bond acceptors (Lipinski definition) is 3. The van der Waals surface area contributed by atoms with Gasteiger partial charge in [-0.3, -0.25) is 0 Å². The van der Waals surface area contributed by atoms with E-state index >= 15 is 0 Å². The van der Waals surface area contributed by atoms with Crippen LogP contribution in [0.1, 0.15) is 12.7 Å². The van der Waals surface area contributed by atoms with E-state index in [4.69, 9.17) is 5.73 Å². The molecule has 0 bridgehead atoms. The summed E-state index contributed by atoms with van der Waals surface area (Å²) in [6.07, 6.45) is 0.780. The second kappa shape index (κ2) is 4.06. The zero-order valence-electron chi connectivity index (χ0n) is 8.09. The van der Waals surface area contributed by atoms with Crippen molar-refractivity contribution in [1.82, 2.24) is 9.97 Å². The summed E-state index contributed by atoms with van der Waals surface area (Å²) >= 11 is 6.88. The van der Waals surface area contributed by atoms with Crippen LogP contribution in [-0.2, 0) is 6.42 Å². The quantitative estimate of drug-likeness (QED) is 0.872. The van der Waals surface area contributed by atoms with Crippen LogP contribution in [-0.4, -0.2) is 9.97 Å². The largest absolute Gasteiger partial charge is 0.383 e. The second-order valence-corrected chi connectivity index (χ2v) is 4.93. The van der Waals surface area contributed by atoms with E-state index in [1.165, 1.54) is 0 Å². The fourth-order valence-electron chi connectivity index (χ4n) is 1.39. The molecule has 2 N–H and O–H groups in total. The Kier molecular flexibility index (Phi) is 2.93. The van der Waals surface area contributed by atoms with E-state index < -0.39 is 0 Å². The predicted octanol–water partition coefficient (Wildman–Crippen LogP) is 3.30. The maximum atomic E-state index is 5.88. The average Bonchev–Trinajstić information content (AvgIpc) is 2.19. The highest BCUT2D eigenvalue weighted by molar-refractivity contribution is 9.11. The first-order valence-corrected chi connectivity index (χ1v) is 6.11. The number of halogens is 2. The predicted molar refractivity (Wildman–Crippen MR) is 68.7 cm³/mol. The molecule has 1 heterocycles. The minimum atomic E-state index is 0.527. The first kappa shape index (κ1) is 10.8. The maximum absolute atomic E-state index is 5.88. The van der Waals surface area contributed by atoms with E-state index in [1.807, 2.05) is 19.1 Å². The van der Waals surface area contributed by atoms with Crippen LogP contribution in [0.3, 0.4) is 0 Å². The number of nitrogens with two attached hydrogens (primary N) is 1. The molecule has 1 aromatic carbocycles. The van der Waals surface area contributed by atoms with E-state index in [9.17, 15) is 0 Å². The molecule has 0 atom stereocenters. The third kappa shape index (κ3) is 1.99. The normalized spacial score (nSPS) is 10.9. The van der Waals surface area contributed by atoms with Gasteiger partial charge in [-0.05, 0) is 28.1 Å². The Balaban J connectivity index is 2.85. The van der Waals surface area contributed by atoms with Crippen LogP contribution in [0, 0.1) is 0 Å². The van der Waals surface area contributed by atoms with Crippen LogP contribution in [0.2, 0.25) is 0 Å². The van der Waals surface area contributed by atoms with Crippen LogP contribution >= 0.6 is 31.9 Å². The first-order valence-electron chi connectivity index (χ1n) is 4.53. The van der Waals surface area contributed by atoms with Gasteiger partial charge >= 0.3 is 0 Å². The second-order valence-electron chi connectivity index (χ2n) is 3.16. The highest BCUT2D eigenvalue weighted by atomic mass is 79.9. The minimum Gasteiger partial charge on any atom is -0.383 e. The average molecular weight is 331 g/mol. The van der Waals surface area contributed by atoms with Gasteiger partial charge in [-0.1, -0.05) is 22.9 Å². The molecule has 1 aromatic heterocycles. The molecule has 2 aromatic rings. The third-order valence-corrected chi connectivity index (χ3v) is 3.17. The number of aromatic nitrogens is 2. The summed E-state index contributed by atoms with van der Waals surface area (Å²) in [5.41, 5.74) is 6.74. The highest BCUT2D eigenvalue weighted by Crippen LogP contribution is 2.29. The van der Waals surface area contributed by atoms with Gasteiger partial charge in [0.05, 0.1) is 5.52 Å². The zero-order chi connectivity index (χ0) is 11.0. The van der Waals surface area contributed by atoms with Crippen LogP contribution in [0.15, 0.2) is 21.1 Å². The Morgan fingerprint density at radius 2 is 2.00 bits per heavy atom. The SMILES string of the molecule is CCc1nc(N)c2cc(Br)cc(Br)c2n1. The molecule has 0 unspecified atom stereocenters. The molecule has 0 aliphatic carbocycles. The fourth-order valence-corrected chi connectivity index (χ4v) is 2.70. The number of hydrogen-bond donors (Lipinski definition) is 1. The molecule has 0 aliphatic rings. The van der Waals surface area contributed by atoms with Crippen molar-refractivity contribution in [2.75, 3.05) is 5.73 Å². The standard InChI is InChI=1S/C10H9Br2N3/c1-2-8-14-9-6(10(13)15-8)3-5(11)4-7(9)12/h3-4H,2H2,1H3,(H2,13,14,15). The van der Waals surface area contributed by atoms with E-state index in [2.05, 4.69) is 41.8 Å². The van der Waals surface area contributed by atoms with Gasteiger partial charge in [0.2, 0.25) is 0 Å². The molecular weight excluding hydrogens is 322 g/mol. The van der Waals surface area contributed by atoms with Gasteiger partial charge in [-0.25, -0.2) is 9.97 Å². The van der Waals surface area contributed by atoms with Crippen molar-refractivity contribution in [2.24, 2.45) is 0 Å². The Morgan fingerprint density at radius 1 is 1.27 bits per heavy atom. The molecule has 0 aliphatic heterocycles. The first-order chi connectivity index (χ1) is 7.11. The summed E-state index contributed by atoms with van der Waals surface area (Å²) in [6.45, 7) is 2.01. The summed E-state index contributed by atoms with van der Waals surface area (Å²) in [7, 11) is 0. The molecule has 0 saturated heterocycles. The molecular formula is C10H9Br2N3. The lowest BCUT2D eigenvalue weighted by Crippen LogP contribution is -2.00. The molecule has 0 fully saturated rings. The minimum absolute atomic E-state index is 0.527. The van der Waals surface area contributed by atoms with Crippen LogP contribution < -0.4 is 5.73 Å². The van der Waals surface area contributed by atoms with Crippen LogP contribution in [0.25, 0.3) is 10.9 Å². The van der Waals surface area contributed by atoms with E-state index in [-0.39, 0.29) is 0 Å². The van der Waals surface area contributed by atoms with Crippen molar-refractivity contribution >= 4 is 48.6 Å². The van der Waals surface area contributed by atoms with E-state index in [0.29, 0.717) is 5.82 Å². The Morgan fingerprint density at radius 3 is 2.67 bits per heavy atom. The molecule has 5 heteroatoms. The van der Waals surface area contributed by atoms with Crippen LogP contribution in [0.5, 0.6) is 0 Å². The number of benzene rings is 1. The maximum Gasteiger partial charge on any atom is 0.135 e. The molecule has 3 nitrogen and oxygen atoms in total. The van der Waals surface area contributed by atoms with Crippen molar-refractivity contribution in [1.29, 1.82) is 0 Å². The fraction of sp³-hybridized carbons (Fsp3) is 0.200. The lowest BCUT2D eigenvalue weighted by Gasteiger charge is -2.06. The summed E-state index contributed by atoms with van der Waals surface area (Å²) < 4.78 is 1.89. The van der Waals surface area contributed by atoms with Crippen molar-refractivity contribution in [3.05, 3.63) is 26.9 Å².